The maximum atomic E-state index is 5.85. The van der Waals surface area contributed by atoms with Gasteiger partial charge in [-0.25, -0.2) is 0 Å². The molecular weight excluding hydrogens is 190 g/mol. The van der Waals surface area contributed by atoms with E-state index in [1.807, 2.05) is 23.9 Å². The third-order valence-corrected chi connectivity index (χ3v) is 4.04. The summed E-state index contributed by atoms with van der Waals surface area (Å²) < 4.78 is 0. The van der Waals surface area contributed by atoms with E-state index in [2.05, 4.69) is 26.8 Å². The first-order valence-corrected chi connectivity index (χ1v) is 6.11. The van der Waals surface area contributed by atoms with Crippen LogP contribution in [-0.2, 0) is 0 Å². The zero-order chi connectivity index (χ0) is 10.6. The highest BCUT2D eigenvalue weighted by molar-refractivity contribution is 7.99. The second-order valence-electron chi connectivity index (χ2n) is 3.79. The topological polar surface area (TPSA) is 26.0 Å². The SMILES string of the molecule is CCC(C)CSc1cccc(N)c1C. The van der Waals surface area contributed by atoms with Gasteiger partial charge in [0.15, 0.2) is 0 Å². The van der Waals surface area contributed by atoms with Crippen LogP contribution < -0.4 is 5.73 Å². The van der Waals surface area contributed by atoms with E-state index in [1.54, 1.807) is 0 Å². The first-order chi connectivity index (χ1) is 6.65. The lowest BCUT2D eigenvalue weighted by atomic mass is 10.2. The first-order valence-electron chi connectivity index (χ1n) is 5.13. The maximum absolute atomic E-state index is 5.85. The second kappa shape index (κ2) is 5.30. The van der Waals surface area contributed by atoms with Crippen molar-refractivity contribution in [1.29, 1.82) is 0 Å². The maximum Gasteiger partial charge on any atom is 0.0354 e. The molecule has 0 aliphatic rings. The number of anilines is 1. The van der Waals surface area contributed by atoms with Gasteiger partial charge in [-0.3, -0.25) is 0 Å². The van der Waals surface area contributed by atoms with Crippen LogP contribution in [0.3, 0.4) is 0 Å². The molecule has 1 aromatic carbocycles. The second-order valence-corrected chi connectivity index (χ2v) is 4.86. The standard InChI is InChI=1S/C12H19NS/c1-4-9(2)8-14-12-7-5-6-11(13)10(12)3/h5-7,9H,4,8,13H2,1-3H3. The predicted molar refractivity (Wildman–Crippen MR) is 65.8 cm³/mol. The van der Waals surface area contributed by atoms with Crippen molar-refractivity contribution >= 4 is 17.4 Å². The molecule has 1 nitrogen and oxygen atoms in total. The van der Waals surface area contributed by atoms with Crippen molar-refractivity contribution in [1.82, 2.24) is 0 Å². The smallest absolute Gasteiger partial charge is 0.0354 e. The molecule has 0 spiro atoms. The molecule has 1 atom stereocenters. The van der Waals surface area contributed by atoms with Gasteiger partial charge in [-0.1, -0.05) is 26.3 Å². The Labute approximate surface area is 91.1 Å². The van der Waals surface area contributed by atoms with E-state index in [-0.39, 0.29) is 0 Å². The molecule has 0 aliphatic heterocycles. The van der Waals surface area contributed by atoms with Gasteiger partial charge in [0.1, 0.15) is 0 Å². The third-order valence-electron chi connectivity index (χ3n) is 2.55. The summed E-state index contributed by atoms with van der Waals surface area (Å²) >= 11 is 1.91. The van der Waals surface area contributed by atoms with Crippen LogP contribution in [0.25, 0.3) is 0 Å². The lowest BCUT2D eigenvalue weighted by molar-refractivity contribution is 0.637. The van der Waals surface area contributed by atoms with Crippen LogP contribution in [0.4, 0.5) is 5.69 Å². The number of hydrogen-bond donors (Lipinski definition) is 1. The molecule has 0 heterocycles. The summed E-state index contributed by atoms with van der Waals surface area (Å²) in [5, 5.41) is 0. The van der Waals surface area contributed by atoms with Crippen molar-refractivity contribution in [3.8, 4) is 0 Å². The van der Waals surface area contributed by atoms with E-state index >= 15 is 0 Å². The normalized spacial score (nSPS) is 12.8. The van der Waals surface area contributed by atoms with Crippen molar-refractivity contribution in [3.63, 3.8) is 0 Å². The first kappa shape index (κ1) is 11.4. The van der Waals surface area contributed by atoms with Gasteiger partial charge in [-0.05, 0) is 30.5 Å². The molecule has 1 rings (SSSR count). The van der Waals surface area contributed by atoms with E-state index in [4.69, 9.17) is 5.73 Å². The van der Waals surface area contributed by atoms with Crippen molar-refractivity contribution < 1.29 is 0 Å². The van der Waals surface area contributed by atoms with Gasteiger partial charge in [0.25, 0.3) is 0 Å². The average Bonchev–Trinajstić information content (AvgIpc) is 2.20. The number of rotatable bonds is 4. The fourth-order valence-electron chi connectivity index (χ4n) is 1.14. The number of benzene rings is 1. The van der Waals surface area contributed by atoms with Crippen LogP contribution in [0.5, 0.6) is 0 Å². The summed E-state index contributed by atoms with van der Waals surface area (Å²) in [7, 11) is 0. The zero-order valence-electron chi connectivity index (χ0n) is 9.21. The molecule has 2 heteroatoms. The number of thioether (sulfide) groups is 1. The molecule has 1 unspecified atom stereocenters. The Balaban J connectivity index is 2.63. The van der Waals surface area contributed by atoms with E-state index in [9.17, 15) is 0 Å². The van der Waals surface area contributed by atoms with Gasteiger partial charge >= 0.3 is 0 Å². The molecule has 0 aromatic heterocycles. The Bertz CT molecular complexity index is 296. The molecule has 0 amide bonds. The summed E-state index contributed by atoms with van der Waals surface area (Å²) in [5.41, 5.74) is 7.97. The number of nitrogen functional groups attached to an aromatic ring is 1. The lowest BCUT2D eigenvalue weighted by Gasteiger charge is -2.10. The van der Waals surface area contributed by atoms with Gasteiger partial charge in [0.2, 0.25) is 0 Å². The molecule has 0 radical (unpaired) electrons. The van der Waals surface area contributed by atoms with Crippen molar-refractivity contribution in [2.75, 3.05) is 11.5 Å². The van der Waals surface area contributed by atoms with E-state index in [0.29, 0.717) is 0 Å². The van der Waals surface area contributed by atoms with Crippen LogP contribution in [0, 0.1) is 12.8 Å². The van der Waals surface area contributed by atoms with Gasteiger partial charge in [-0.15, -0.1) is 11.8 Å². The number of hydrogen-bond acceptors (Lipinski definition) is 2. The van der Waals surface area contributed by atoms with Gasteiger partial charge in [0.05, 0.1) is 0 Å². The lowest BCUT2D eigenvalue weighted by Crippen LogP contribution is -1.97. The molecule has 1 aromatic rings. The third kappa shape index (κ3) is 2.95. The summed E-state index contributed by atoms with van der Waals surface area (Å²) in [5.74, 6) is 1.96. The van der Waals surface area contributed by atoms with E-state index < -0.39 is 0 Å². The van der Waals surface area contributed by atoms with E-state index in [0.717, 1.165) is 11.6 Å². The number of nitrogens with two attached hydrogens (primary N) is 1. The van der Waals surface area contributed by atoms with Crippen molar-refractivity contribution in [2.45, 2.75) is 32.1 Å². The predicted octanol–water partition coefficient (Wildman–Crippen LogP) is 3.72. The zero-order valence-corrected chi connectivity index (χ0v) is 10.0. The Morgan fingerprint density at radius 1 is 1.43 bits per heavy atom. The van der Waals surface area contributed by atoms with Crippen LogP contribution in [0.2, 0.25) is 0 Å². The van der Waals surface area contributed by atoms with Crippen LogP contribution in [0.15, 0.2) is 23.1 Å². The van der Waals surface area contributed by atoms with Gasteiger partial charge in [0, 0.05) is 16.3 Å². The molecule has 0 saturated carbocycles. The fourth-order valence-corrected chi connectivity index (χ4v) is 2.35. The minimum Gasteiger partial charge on any atom is -0.398 e. The average molecular weight is 209 g/mol. The van der Waals surface area contributed by atoms with Gasteiger partial charge in [-0.2, -0.15) is 0 Å². The highest BCUT2D eigenvalue weighted by atomic mass is 32.2. The molecule has 0 fully saturated rings. The molecule has 14 heavy (non-hydrogen) atoms. The minimum atomic E-state index is 0.779. The monoisotopic (exact) mass is 209 g/mol. The fraction of sp³-hybridized carbons (Fsp3) is 0.500. The van der Waals surface area contributed by atoms with Gasteiger partial charge < -0.3 is 5.73 Å². The molecular formula is C12H19NS. The summed E-state index contributed by atoms with van der Waals surface area (Å²) in [6, 6.07) is 6.14. The summed E-state index contributed by atoms with van der Waals surface area (Å²) in [4.78, 5) is 1.32. The highest BCUT2D eigenvalue weighted by Gasteiger charge is 2.04. The summed E-state index contributed by atoms with van der Waals surface area (Å²) in [6.07, 6.45) is 1.24. The molecule has 0 saturated heterocycles. The van der Waals surface area contributed by atoms with Crippen LogP contribution >= 0.6 is 11.8 Å². The molecule has 2 N–H and O–H groups in total. The van der Waals surface area contributed by atoms with Crippen molar-refractivity contribution in [2.24, 2.45) is 5.92 Å². The Hall–Kier alpha value is -0.630. The largest absolute Gasteiger partial charge is 0.398 e. The van der Waals surface area contributed by atoms with Crippen LogP contribution in [-0.4, -0.2) is 5.75 Å². The molecule has 0 bridgehead atoms. The quantitative estimate of drug-likeness (QED) is 0.604. The Morgan fingerprint density at radius 2 is 2.14 bits per heavy atom. The minimum absolute atomic E-state index is 0.779. The molecule has 0 aliphatic carbocycles. The van der Waals surface area contributed by atoms with E-state index in [1.165, 1.54) is 22.6 Å². The Kier molecular flexibility index (Phi) is 4.33. The molecule has 78 valence electrons. The summed E-state index contributed by atoms with van der Waals surface area (Å²) in [6.45, 7) is 6.61. The highest BCUT2D eigenvalue weighted by Crippen LogP contribution is 2.28. The van der Waals surface area contributed by atoms with Crippen LogP contribution in [0.1, 0.15) is 25.8 Å². The van der Waals surface area contributed by atoms with Crippen molar-refractivity contribution in [3.05, 3.63) is 23.8 Å². The Morgan fingerprint density at radius 3 is 2.79 bits per heavy atom.